The first-order valence-electron chi connectivity index (χ1n) is 8.39. The second-order valence-electron chi connectivity index (χ2n) is 7.05. The normalized spacial score (nSPS) is 17.3. The summed E-state index contributed by atoms with van der Waals surface area (Å²) in [4.78, 5) is 12.2. The highest BCUT2D eigenvalue weighted by molar-refractivity contribution is 7.99. The molecule has 0 radical (unpaired) electrons. The summed E-state index contributed by atoms with van der Waals surface area (Å²) in [5.74, 6) is 2.39. The number of carbonyl (C=O) groups is 1. The first-order valence-corrected chi connectivity index (χ1v) is 9.93. The summed E-state index contributed by atoms with van der Waals surface area (Å²) in [6, 6.07) is 7.94. The highest BCUT2D eigenvalue weighted by Crippen LogP contribution is 2.21. The van der Waals surface area contributed by atoms with Crippen LogP contribution in [0.5, 0.6) is 0 Å². The number of hydrogen-bond acceptors (Lipinski definition) is 4. The van der Waals surface area contributed by atoms with Crippen LogP contribution in [0, 0.1) is 0 Å². The van der Waals surface area contributed by atoms with Gasteiger partial charge in [0.15, 0.2) is 0 Å². The Morgan fingerprint density at radius 2 is 2.08 bits per heavy atom. The highest BCUT2D eigenvalue weighted by Gasteiger charge is 2.22. The summed E-state index contributed by atoms with van der Waals surface area (Å²) in [6.45, 7) is 6.24. The average molecular weight is 371 g/mol. The molecule has 1 heterocycles. The molecule has 1 aliphatic heterocycles. The third kappa shape index (κ3) is 6.91. The van der Waals surface area contributed by atoms with E-state index in [1.165, 1.54) is 24.3 Å². The van der Waals surface area contributed by atoms with Crippen LogP contribution >= 0.6 is 23.4 Å². The average Bonchev–Trinajstić information content (AvgIpc) is 2.50. The van der Waals surface area contributed by atoms with Crippen molar-refractivity contribution >= 4 is 29.5 Å². The molecule has 1 amide bonds. The molecule has 1 aromatic carbocycles. The van der Waals surface area contributed by atoms with Gasteiger partial charge < -0.3 is 15.4 Å². The van der Waals surface area contributed by atoms with Gasteiger partial charge in [0, 0.05) is 17.6 Å². The number of benzene rings is 1. The van der Waals surface area contributed by atoms with E-state index in [9.17, 15) is 4.79 Å². The molecule has 1 saturated heterocycles. The number of nitrogens with one attached hydrogen (secondary N) is 2. The second-order valence-corrected chi connectivity index (χ2v) is 8.71. The maximum atomic E-state index is 12.2. The Labute approximate surface area is 154 Å². The first kappa shape index (κ1) is 19.4. The largest absolute Gasteiger partial charge is 0.444 e. The van der Waals surface area contributed by atoms with Gasteiger partial charge in [-0.3, -0.25) is 0 Å². The Bertz CT molecular complexity index is 542. The van der Waals surface area contributed by atoms with Crippen LogP contribution in [-0.4, -0.2) is 35.8 Å². The molecule has 1 atom stereocenters. The molecule has 1 fully saturated rings. The number of ether oxygens (including phenoxy) is 1. The van der Waals surface area contributed by atoms with Crippen LogP contribution in [0.15, 0.2) is 24.3 Å². The summed E-state index contributed by atoms with van der Waals surface area (Å²) in [5.41, 5.74) is 0.461. The first-order chi connectivity index (χ1) is 11.3. The van der Waals surface area contributed by atoms with Crippen molar-refractivity contribution < 1.29 is 9.53 Å². The molecule has 0 spiro atoms. The van der Waals surface area contributed by atoms with Gasteiger partial charge in [0.05, 0.1) is 6.04 Å². The van der Waals surface area contributed by atoms with E-state index in [0.29, 0.717) is 17.6 Å². The van der Waals surface area contributed by atoms with Gasteiger partial charge in [0.2, 0.25) is 0 Å². The fourth-order valence-corrected chi connectivity index (χ4v) is 3.92. The fourth-order valence-electron chi connectivity index (χ4n) is 2.61. The predicted molar refractivity (Wildman–Crippen MR) is 102 cm³/mol. The van der Waals surface area contributed by atoms with E-state index in [-0.39, 0.29) is 6.04 Å². The van der Waals surface area contributed by atoms with E-state index in [2.05, 4.69) is 10.6 Å². The Kier molecular flexibility index (Phi) is 7.26. The van der Waals surface area contributed by atoms with Crippen LogP contribution < -0.4 is 10.6 Å². The van der Waals surface area contributed by atoms with Crippen molar-refractivity contribution in [2.24, 2.45) is 0 Å². The van der Waals surface area contributed by atoms with E-state index in [1.807, 2.05) is 56.8 Å². The Morgan fingerprint density at radius 1 is 1.38 bits per heavy atom. The second kappa shape index (κ2) is 8.97. The lowest BCUT2D eigenvalue weighted by Gasteiger charge is -2.27. The number of rotatable bonds is 5. The minimum absolute atomic E-state index is 0.173. The molecule has 2 N–H and O–H groups in total. The summed E-state index contributed by atoms with van der Waals surface area (Å²) in [6.07, 6.45) is 1.92. The monoisotopic (exact) mass is 370 g/mol. The van der Waals surface area contributed by atoms with E-state index in [4.69, 9.17) is 16.3 Å². The number of carbonyl (C=O) groups excluding carboxylic acids is 1. The van der Waals surface area contributed by atoms with Crippen molar-refractivity contribution in [3.8, 4) is 0 Å². The van der Waals surface area contributed by atoms with Crippen molar-refractivity contribution in [2.45, 2.75) is 51.3 Å². The van der Waals surface area contributed by atoms with Crippen molar-refractivity contribution in [1.29, 1.82) is 0 Å². The zero-order valence-corrected chi connectivity index (χ0v) is 16.2. The Balaban J connectivity index is 2.01. The number of alkyl carbamates (subject to hydrolysis) is 1. The number of halogens is 1. The van der Waals surface area contributed by atoms with Crippen molar-refractivity contribution in [2.75, 3.05) is 18.1 Å². The number of hydrogen-bond donors (Lipinski definition) is 2. The van der Waals surface area contributed by atoms with Gasteiger partial charge in [0.25, 0.3) is 0 Å². The molecule has 0 aromatic heterocycles. The minimum atomic E-state index is -0.517. The van der Waals surface area contributed by atoms with Gasteiger partial charge in [0.1, 0.15) is 5.60 Å². The minimum Gasteiger partial charge on any atom is -0.444 e. The predicted octanol–water partition coefficient (Wildman–Crippen LogP) is 4.39. The highest BCUT2D eigenvalue weighted by atomic mass is 35.5. The topological polar surface area (TPSA) is 50.4 Å². The molecule has 1 aromatic rings. The molecule has 1 unspecified atom stereocenters. The van der Waals surface area contributed by atoms with Gasteiger partial charge in [-0.05, 0) is 62.8 Å². The molecule has 4 nitrogen and oxygen atoms in total. The molecule has 0 bridgehead atoms. The fraction of sp³-hybridized carbons (Fsp3) is 0.611. The molecule has 24 heavy (non-hydrogen) atoms. The standard InChI is InChI=1S/C18H27ClN2O2S/c1-18(2,3)23-17(22)21-16(13-5-4-6-14(19)11-13)12-20-15-7-9-24-10-8-15/h4-6,11,15-16,20H,7-10,12H2,1-3H3,(H,21,22). The number of amides is 1. The van der Waals surface area contributed by atoms with Gasteiger partial charge in [-0.2, -0.15) is 11.8 Å². The molecule has 6 heteroatoms. The van der Waals surface area contributed by atoms with Crippen LogP contribution in [0.25, 0.3) is 0 Å². The zero-order valence-electron chi connectivity index (χ0n) is 14.6. The SMILES string of the molecule is CC(C)(C)OC(=O)NC(CNC1CCSCC1)c1cccc(Cl)c1. The summed E-state index contributed by atoms with van der Waals surface area (Å²) >= 11 is 8.11. The molecule has 0 aliphatic carbocycles. The Morgan fingerprint density at radius 3 is 2.71 bits per heavy atom. The smallest absolute Gasteiger partial charge is 0.408 e. The van der Waals surface area contributed by atoms with Crippen molar-refractivity contribution in [1.82, 2.24) is 10.6 Å². The van der Waals surface area contributed by atoms with Crippen molar-refractivity contribution in [3.05, 3.63) is 34.9 Å². The maximum absolute atomic E-state index is 12.2. The molecule has 134 valence electrons. The van der Waals surface area contributed by atoms with Gasteiger partial charge in [-0.25, -0.2) is 4.79 Å². The van der Waals surface area contributed by atoms with Crippen LogP contribution in [0.4, 0.5) is 4.79 Å². The molecule has 0 saturated carbocycles. The quantitative estimate of drug-likeness (QED) is 0.807. The number of thioether (sulfide) groups is 1. The van der Waals surface area contributed by atoms with Crippen molar-refractivity contribution in [3.63, 3.8) is 0 Å². The molecule has 2 rings (SSSR count). The third-order valence-electron chi connectivity index (χ3n) is 3.77. The summed E-state index contributed by atoms with van der Waals surface area (Å²) < 4.78 is 5.40. The van der Waals surface area contributed by atoms with Crippen LogP contribution in [0.3, 0.4) is 0 Å². The van der Waals surface area contributed by atoms with Crippen LogP contribution in [0.1, 0.15) is 45.2 Å². The summed E-state index contributed by atoms with van der Waals surface area (Å²) in [7, 11) is 0. The molecular formula is C18H27ClN2O2S. The van der Waals surface area contributed by atoms with E-state index in [1.54, 1.807) is 0 Å². The van der Waals surface area contributed by atoms with E-state index < -0.39 is 11.7 Å². The summed E-state index contributed by atoms with van der Waals surface area (Å²) in [5, 5.41) is 7.21. The lowest BCUT2D eigenvalue weighted by Crippen LogP contribution is -2.42. The molecule has 1 aliphatic rings. The molecular weight excluding hydrogens is 344 g/mol. The Hall–Kier alpha value is -0.910. The van der Waals surface area contributed by atoms with Gasteiger partial charge in [-0.1, -0.05) is 23.7 Å². The van der Waals surface area contributed by atoms with Gasteiger partial charge >= 0.3 is 6.09 Å². The van der Waals surface area contributed by atoms with E-state index in [0.717, 1.165) is 5.56 Å². The zero-order chi connectivity index (χ0) is 17.6. The van der Waals surface area contributed by atoms with E-state index >= 15 is 0 Å². The lowest BCUT2D eigenvalue weighted by atomic mass is 10.1. The maximum Gasteiger partial charge on any atom is 0.408 e. The van der Waals surface area contributed by atoms with Crippen LogP contribution in [-0.2, 0) is 4.74 Å². The third-order valence-corrected chi connectivity index (χ3v) is 5.06. The van der Waals surface area contributed by atoms with Gasteiger partial charge in [-0.15, -0.1) is 0 Å². The lowest BCUT2D eigenvalue weighted by molar-refractivity contribution is 0.0502. The van der Waals surface area contributed by atoms with Crippen LogP contribution in [0.2, 0.25) is 5.02 Å².